The minimum Gasteiger partial charge on any atom is -0.462 e. The van der Waals surface area contributed by atoms with E-state index in [9.17, 15) is 9.59 Å². The summed E-state index contributed by atoms with van der Waals surface area (Å²) in [5, 5.41) is 0. The molecule has 2 N–H and O–H groups in total. The third-order valence-electron chi connectivity index (χ3n) is 1.12. The molecule has 0 aliphatic rings. The Hall–Kier alpha value is -1.32. The molecule has 0 unspecified atom stereocenters. The van der Waals surface area contributed by atoms with Crippen molar-refractivity contribution in [1.29, 1.82) is 0 Å². The van der Waals surface area contributed by atoms with Gasteiger partial charge in [-0.05, 0) is 13.3 Å². The van der Waals surface area contributed by atoms with Crippen LogP contribution in [-0.2, 0) is 14.3 Å². The van der Waals surface area contributed by atoms with E-state index in [4.69, 9.17) is 10.5 Å². The van der Waals surface area contributed by atoms with Gasteiger partial charge in [0, 0.05) is 11.6 Å². The zero-order chi connectivity index (χ0) is 9.56. The van der Waals surface area contributed by atoms with Crippen LogP contribution >= 0.6 is 0 Å². The van der Waals surface area contributed by atoms with E-state index in [0.717, 1.165) is 12.5 Å². The van der Waals surface area contributed by atoms with E-state index in [1.54, 1.807) is 0 Å². The molecule has 68 valence electrons. The second kappa shape index (κ2) is 5.35. The Bertz CT molecular complexity index is 208. The topological polar surface area (TPSA) is 69.4 Å². The number of nitrogens with two attached hydrogens (primary N) is 1. The van der Waals surface area contributed by atoms with E-state index in [0.29, 0.717) is 6.61 Å². The van der Waals surface area contributed by atoms with Gasteiger partial charge in [0.2, 0.25) is 5.91 Å². The van der Waals surface area contributed by atoms with E-state index < -0.39 is 11.9 Å². The zero-order valence-corrected chi connectivity index (χ0v) is 7.29. The van der Waals surface area contributed by atoms with Crippen LogP contribution in [-0.4, -0.2) is 18.5 Å². The molecule has 0 atom stereocenters. The molecule has 4 nitrogen and oxygen atoms in total. The molecule has 0 bridgehead atoms. The maximum atomic E-state index is 10.9. The van der Waals surface area contributed by atoms with Crippen molar-refractivity contribution >= 4 is 11.9 Å². The van der Waals surface area contributed by atoms with Gasteiger partial charge in [0.05, 0.1) is 6.61 Å². The van der Waals surface area contributed by atoms with E-state index in [-0.39, 0.29) is 5.57 Å². The highest BCUT2D eigenvalue weighted by Crippen LogP contribution is 1.96. The molecule has 1 amide bonds. The van der Waals surface area contributed by atoms with Crippen LogP contribution in [0.3, 0.4) is 0 Å². The van der Waals surface area contributed by atoms with Gasteiger partial charge in [0.15, 0.2) is 0 Å². The monoisotopic (exact) mass is 171 g/mol. The van der Waals surface area contributed by atoms with Crippen LogP contribution in [0.4, 0.5) is 0 Å². The summed E-state index contributed by atoms with van der Waals surface area (Å²) in [5.74, 6) is -1.13. The summed E-state index contributed by atoms with van der Waals surface area (Å²) in [6.07, 6.45) is 1.81. The second-order valence-corrected chi connectivity index (χ2v) is 2.37. The van der Waals surface area contributed by atoms with E-state index in [2.05, 4.69) is 0 Å². The molecule has 0 rings (SSSR count). The lowest BCUT2D eigenvalue weighted by atomic mass is 10.3. The predicted octanol–water partition coefficient (Wildman–Crippen LogP) is 0.371. The molecule has 0 spiro atoms. The van der Waals surface area contributed by atoms with Crippen molar-refractivity contribution < 1.29 is 14.3 Å². The number of hydrogen-bond donors (Lipinski definition) is 1. The highest BCUT2D eigenvalue weighted by Gasteiger charge is 2.05. The van der Waals surface area contributed by atoms with Gasteiger partial charge < -0.3 is 10.5 Å². The fraction of sp³-hybridized carbons (Fsp3) is 0.500. The van der Waals surface area contributed by atoms with Crippen molar-refractivity contribution in [2.45, 2.75) is 20.3 Å². The normalized spacial score (nSPS) is 11.0. The molecular weight excluding hydrogens is 158 g/mol. The van der Waals surface area contributed by atoms with Gasteiger partial charge in [0.25, 0.3) is 0 Å². The average molecular weight is 171 g/mol. The predicted molar refractivity (Wildman–Crippen MR) is 44.2 cm³/mol. The van der Waals surface area contributed by atoms with Gasteiger partial charge in [-0.15, -0.1) is 0 Å². The van der Waals surface area contributed by atoms with E-state index in [1.165, 1.54) is 6.92 Å². The van der Waals surface area contributed by atoms with Gasteiger partial charge in [-0.2, -0.15) is 0 Å². The van der Waals surface area contributed by atoms with Gasteiger partial charge in [-0.3, -0.25) is 4.79 Å². The third-order valence-corrected chi connectivity index (χ3v) is 1.12. The van der Waals surface area contributed by atoms with Crippen molar-refractivity contribution in [3.63, 3.8) is 0 Å². The van der Waals surface area contributed by atoms with Crippen LogP contribution in [0.25, 0.3) is 0 Å². The lowest BCUT2D eigenvalue weighted by Gasteiger charge is -2.01. The number of esters is 1. The van der Waals surface area contributed by atoms with Crippen LogP contribution in [0, 0.1) is 0 Å². The zero-order valence-electron chi connectivity index (χ0n) is 7.29. The summed E-state index contributed by atoms with van der Waals surface area (Å²) in [6.45, 7) is 3.74. The van der Waals surface area contributed by atoms with Gasteiger partial charge in [-0.25, -0.2) is 4.79 Å². The fourth-order valence-corrected chi connectivity index (χ4v) is 0.581. The molecule has 0 aliphatic heterocycles. The van der Waals surface area contributed by atoms with Crippen molar-refractivity contribution in [2.75, 3.05) is 6.61 Å². The van der Waals surface area contributed by atoms with Crippen molar-refractivity contribution in [2.24, 2.45) is 5.73 Å². The van der Waals surface area contributed by atoms with Crippen molar-refractivity contribution in [3.8, 4) is 0 Å². The second-order valence-electron chi connectivity index (χ2n) is 2.37. The first-order chi connectivity index (χ1) is 5.57. The maximum absolute atomic E-state index is 10.9. The van der Waals surface area contributed by atoms with Crippen molar-refractivity contribution in [3.05, 3.63) is 11.6 Å². The summed E-state index contributed by atoms with van der Waals surface area (Å²) in [7, 11) is 0. The average Bonchev–Trinajstić information content (AvgIpc) is 1.98. The highest BCUT2D eigenvalue weighted by atomic mass is 16.5. The van der Waals surface area contributed by atoms with Crippen LogP contribution < -0.4 is 5.73 Å². The molecule has 0 aromatic rings. The first kappa shape index (κ1) is 10.7. The molecule has 0 saturated carbocycles. The molecule has 0 radical (unpaired) electrons. The summed E-state index contributed by atoms with van der Waals surface area (Å²) in [4.78, 5) is 21.3. The molecule has 0 fully saturated rings. The van der Waals surface area contributed by atoms with E-state index in [1.807, 2.05) is 6.92 Å². The minimum atomic E-state index is -0.638. The lowest BCUT2D eigenvalue weighted by molar-refractivity contribution is -0.139. The quantitative estimate of drug-likeness (QED) is 0.490. The Morgan fingerprint density at radius 1 is 1.50 bits per heavy atom. The Balaban J connectivity index is 4.01. The molecule has 0 saturated heterocycles. The van der Waals surface area contributed by atoms with Crippen LogP contribution in [0.15, 0.2) is 11.6 Å². The molecule has 0 aliphatic carbocycles. The lowest BCUT2D eigenvalue weighted by Crippen LogP contribution is -2.12. The maximum Gasteiger partial charge on any atom is 0.333 e. The van der Waals surface area contributed by atoms with Crippen LogP contribution in [0.5, 0.6) is 0 Å². The molecule has 4 heteroatoms. The molecule has 0 heterocycles. The smallest absolute Gasteiger partial charge is 0.333 e. The largest absolute Gasteiger partial charge is 0.462 e. The Morgan fingerprint density at radius 3 is 2.50 bits per heavy atom. The minimum absolute atomic E-state index is 0.232. The molecule has 0 aromatic carbocycles. The van der Waals surface area contributed by atoms with Gasteiger partial charge in [0.1, 0.15) is 0 Å². The third kappa shape index (κ3) is 4.49. The molecule has 0 aromatic heterocycles. The van der Waals surface area contributed by atoms with Crippen molar-refractivity contribution in [1.82, 2.24) is 0 Å². The van der Waals surface area contributed by atoms with Gasteiger partial charge >= 0.3 is 5.97 Å². The van der Waals surface area contributed by atoms with E-state index >= 15 is 0 Å². The number of amides is 1. The SMILES string of the molecule is CCCOC(=O)/C(C)=C\C(N)=O. The number of carbonyl (C=O) groups excluding carboxylic acids is 2. The summed E-state index contributed by atoms with van der Waals surface area (Å²) in [6, 6.07) is 0. The Kier molecular flexibility index (Phi) is 4.76. The summed E-state index contributed by atoms with van der Waals surface area (Å²) >= 11 is 0. The Labute approximate surface area is 71.4 Å². The number of ether oxygens (including phenoxy) is 1. The van der Waals surface area contributed by atoms with Crippen LogP contribution in [0.2, 0.25) is 0 Å². The molecular formula is C8H13NO3. The number of rotatable bonds is 4. The standard InChI is InChI=1S/C8H13NO3/c1-3-4-12-8(11)6(2)5-7(9)10/h5H,3-4H2,1-2H3,(H2,9,10)/b6-5-. The first-order valence-corrected chi connectivity index (χ1v) is 3.72. The summed E-state index contributed by atoms with van der Waals surface area (Å²) < 4.78 is 4.74. The number of primary amides is 1. The first-order valence-electron chi connectivity index (χ1n) is 3.72. The van der Waals surface area contributed by atoms with Gasteiger partial charge in [-0.1, -0.05) is 6.92 Å². The molecule has 12 heavy (non-hydrogen) atoms. The highest BCUT2D eigenvalue weighted by molar-refractivity contribution is 5.97. The summed E-state index contributed by atoms with van der Waals surface area (Å²) in [5.41, 5.74) is 5.07. The fourth-order valence-electron chi connectivity index (χ4n) is 0.581. The number of hydrogen-bond acceptors (Lipinski definition) is 3. The number of carbonyl (C=O) groups is 2. The Morgan fingerprint density at radius 2 is 2.08 bits per heavy atom. The van der Waals surface area contributed by atoms with Crippen LogP contribution in [0.1, 0.15) is 20.3 Å².